The van der Waals surface area contributed by atoms with E-state index in [1.165, 1.54) is 0 Å². The second kappa shape index (κ2) is 3.91. The molecule has 2 aliphatic heterocycles. The van der Waals surface area contributed by atoms with Crippen LogP contribution in [0, 0.1) is 5.92 Å². The van der Waals surface area contributed by atoms with Crippen LogP contribution in [0.3, 0.4) is 0 Å². The highest BCUT2D eigenvalue weighted by molar-refractivity contribution is 5.92. The van der Waals surface area contributed by atoms with Crippen molar-refractivity contribution < 1.29 is 24.5 Å². The molecule has 0 amide bonds. The largest absolute Gasteiger partial charge is 0.387 e. The van der Waals surface area contributed by atoms with Crippen LogP contribution in [0.1, 0.15) is 40.0 Å². The van der Waals surface area contributed by atoms with E-state index in [0.29, 0.717) is 18.4 Å². The second-order valence-electron chi connectivity index (χ2n) is 7.13. The predicted octanol–water partition coefficient (Wildman–Crippen LogP) is 0.928. The molecule has 5 atom stereocenters. The molecule has 0 aromatic heterocycles. The fraction of sp³-hybridized carbons (Fsp3) is 0.800. The maximum absolute atomic E-state index is 12.4. The van der Waals surface area contributed by atoms with Gasteiger partial charge < -0.3 is 19.7 Å². The molecule has 3 fully saturated rings. The predicted molar refractivity (Wildman–Crippen MR) is 70.9 cm³/mol. The Morgan fingerprint density at radius 1 is 1.35 bits per heavy atom. The van der Waals surface area contributed by atoms with E-state index in [1.807, 2.05) is 13.8 Å². The third-order valence-corrected chi connectivity index (χ3v) is 4.85. The Balaban J connectivity index is 1.96. The number of hydrogen-bond donors (Lipinski definition) is 2. The summed E-state index contributed by atoms with van der Waals surface area (Å²) < 4.78 is 11.7. The number of rotatable bonds is 0. The van der Waals surface area contributed by atoms with Gasteiger partial charge in [0.1, 0.15) is 6.10 Å². The average molecular weight is 282 g/mol. The summed E-state index contributed by atoms with van der Waals surface area (Å²) in [5.74, 6) is -1.72. The third kappa shape index (κ3) is 1.73. The minimum absolute atomic E-state index is 0.145. The standard InChI is InChI=1S/C15H22O5/c1-8-9-5-6-14(4,18)12(17)11(9)19-15(8)10(16)7-13(2,3)20-15/h9,11-12,17-18H,1,5-7H2,2-4H3/t9-,11+,12-,14+,15+/m1/s1. The molecule has 0 bridgehead atoms. The van der Waals surface area contributed by atoms with Crippen molar-refractivity contribution in [2.24, 2.45) is 5.92 Å². The molecule has 1 spiro atoms. The van der Waals surface area contributed by atoms with Gasteiger partial charge in [0.15, 0.2) is 5.78 Å². The van der Waals surface area contributed by atoms with E-state index in [4.69, 9.17) is 9.47 Å². The van der Waals surface area contributed by atoms with Gasteiger partial charge in [-0.1, -0.05) is 6.58 Å². The third-order valence-electron chi connectivity index (χ3n) is 4.85. The normalized spacial score (nSPS) is 50.8. The zero-order valence-electron chi connectivity index (χ0n) is 12.2. The number of ketones is 1. The topological polar surface area (TPSA) is 76.0 Å². The summed E-state index contributed by atoms with van der Waals surface area (Å²) in [7, 11) is 0. The molecule has 112 valence electrons. The van der Waals surface area contributed by atoms with E-state index >= 15 is 0 Å². The van der Waals surface area contributed by atoms with Gasteiger partial charge in [0.25, 0.3) is 5.79 Å². The van der Waals surface area contributed by atoms with Crippen molar-refractivity contribution in [3.63, 3.8) is 0 Å². The van der Waals surface area contributed by atoms with Gasteiger partial charge in [-0.15, -0.1) is 0 Å². The van der Waals surface area contributed by atoms with Gasteiger partial charge in [0.2, 0.25) is 0 Å². The average Bonchev–Trinajstić information content (AvgIpc) is 2.71. The first-order chi connectivity index (χ1) is 9.09. The maximum Gasteiger partial charge on any atom is 0.253 e. The van der Waals surface area contributed by atoms with Gasteiger partial charge in [-0.25, -0.2) is 0 Å². The number of aliphatic hydroxyl groups excluding tert-OH is 1. The van der Waals surface area contributed by atoms with Crippen LogP contribution in [0.15, 0.2) is 12.2 Å². The minimum Gasteiger partial charge on any atom is -0.387 e. The maximum atomic E-state index is 12.4. The zero-order valence-corrected chi connectivity index (χ0v) is 12.2. The molecule has 3 aliphatic rings. The number of aliphatic hydroxyl groups is 2. The van der Waals surface area contributed by atoms with Crippen molar-refractivity contribution in [1.29, 1.82) is 0 Å². The van der Waals surface area contributed by atoms with Crippen LogP contribution in [-0.4, -0.2) is 45.2 Å². The fourth-order valence-electron chi connectivity index (χ4n) is 3.68. The van der Waals surface area contributed by atoms with Crippen LogP contribution < -0.4 is 0 Å². The monoisotopic (exact) mass is 282 g/mol. The molecular formula is C15H22O5. The van der Waals surface area contributed by atoms with Crippen molar-refractivity contribution >= 4 is 5.78 Å². The molecule has 0 radical (unpaired) electrons. The zero-order chi connectivity index (χ0) is 14.9. The van der Waals surface area contributed by atoms with Crippen LogP contribution in [0.5, 0.6) is 0 Å². The van der Waals surface area contributed by atoms with E-state index in [0.717, 1.165) is 0 Å². The highest BCUT2D eigenvalue weighted by atomic mass is 16.7. The van der Waals surface area contributed by atoms with Crippen LogP contribution in [-0.2, 0) is 14.3 Å². The van der Waals surface area contributed by atoms with Gasteiger partial charge in [-0.05, 0) is 39.2 Å². The Morgan fingerprint density at radius 3 is 2.55 bits per heavy atom. The molecule has 1 saturated carbocycles. The highest BCUT2D eigenvalue weighted by Gasteiger charge is 2.65. The number of hydrogen-bond acceptors (Lipinski definition) is 5. The SMILES string of the molecule is C=C1[C@H]2CC[C@](C)(O)[C@H](O)[C@H]2O[C@]12OC(C)(C)CC2=O. The second-order valence-corrected chi connectivity index (χ2v) is 7.13. The van der Waals surface area contributed by atoms with Gasteiger partial charge in [-0.2, -0.15) is 0 Å². The van der Waals surface area contributed by atoms with Crippen molar-refractivity contribution in [2.45, 2.75) is 69.2 Å². The van der Waals surface area contributed by atoms with Crippen molar-refractivity contribution in [1.82, 2.24) is 0 Å². The first kappa shape index (κ1) is 14.2. The molecule has 2 saturated heterocycles. The van der Waals surface area contributed by atoms with Crippen molar-refractivity contribution in [3.05, 3.63) is 12.2 Å². The number of ether oxygens (including phenoxy) is 2. The number of fused-ring (bicyclic) bond motifs is 1. The number of carbonyl (C=O) groups is 1. The molecule has 20 heavy (non-hydrogen) atoms. The van der Waals surface area contributed by atoms with Crippen molar-refractivity contribution in [3.8, 4) is 0 Å². The Bertz CT molecular complexity index is 481. The van der Waals surface area contributed by atoms with E-state index in [-0.39, 0.29) is 18.1 Å². The molecule has 5 nitrogen and oxygen atoms in total. The van der Waals surface area contributed by atoms with Gasteiger partial charge in [-0.3, -0.25) is 4.79 Å². The van der Waals surface area contributed by atoms with Crippen LogP contribution >= 0.6 is 0 Å². The summed E-state index contributed by atoms with van der Waals surface area (Å²) in [6.07, 6.45) is -0.336. The molecule has 5 heteroatoms. The number of Topliss-reactive ketones (excluding diaryl/α,β-unsaturated/α-hetero) is 1. The van der Waals surface area contributed by atoms with E-state index in [9.17, 15) is 15.0 Å². The first-order valence-corrected chi connectivity index (χ1v) is 7.10. The highest BCUT2D eigenvalue weighted by Crippen LogP contribution is 2.53. The van der Waals surface area contributed by atoms with Gasteiger partial charge >= 0.3 is 0 Å². The summed E-state index contributed by atoms with van der Waals surface area (Å²) in [6.45, 7) is 9.27. The Kier molecular flexibility index (Phi) is 2.78. The van der Waals surface area contributed by atoms with Crippen LogP contribution in [0.4, 0.5) is 0 Å². The molecule has 0 aromatic carbocycles. The van der Waals surface area contributed by atoms with Crippen LogP contribution in [0.25, 0.3) is 0 Å². The molecule has 1 aliphatic carbocycles. The lowest BCUT2D eigenvalue weighted by Crippen LogP contribution is -2.53. The summed E-state index contributed by atoms with van der Waals surface area (Å²) in [6, 6.07) is 0. The first-order valence-electron chi connectivity index (χ1n) is 7.10. The smallest absolute Gasteiger partial charge is 0.253 e. The quantitative estimate of drug-likeness (QED) is 0.646. The summed E-state index contributed by atoms with van der Waals surface area (Å²) >= 11 is 0. The Hall–Kier alpha value is -0.750. The lowest BCUT2D eigenvalue weighted by atomic mass is 9.73. The van der Waals surface area contributed by atoms with Crippen molar-refractivity contribution in [2.75, 3.05) is 0 Å². The molecule has 2 N–H and O–H groups in total. The summed E-state index contributed by atoms with van der Waals surface area (Å²) in [4.78, 5) is 12.4. The van der Waals surface area contributed by atoms with Crippen LogP contribution in [0.2, 0.25) is 0 Å². The molecule has 0 unspecified atom stereocenters. The summed E-state index contributed by atoms with van der Waals surface area (Å²) in [5.41, 5.74) is -1.21. The lowest BCUT2D eigenvalue weighted by Gasteiger charge is -2.40. The van der Waals surface area contributed by atoms with E-state index in [1.54, 1.807) is 6.92 Å². The van der Waals surface area contributed by atoms with Gasteiger partial charge in [0.05, 0.1) is 17.3 Å². The van der Waals surface area contributed by atoms with E-state index < -0.39 is 29.2 Å². The van der Waals surface area contributed by atoms with E-state index in [2.05, 4.69) is 6.58 Å². The molecular weight excluding hydrogens is 260 g/mol. The molecule has 0 aromatic rings. The Labute approximate surface area is 118 Å². The lowest BCUT2D eigenvalue weighted by molar-refractivity contribution is -0.243. The minimum atomic E-state index is -1.43. The Morgan fingerprint density at radius 2 is 2.00 bits per heavy atom. The van der Waals surface area contributed by atoms with Gasteiger partial charge in [0, 0.05) is 12.3 Å². The fourth-order valence-corrected chi connectivity index (χ4v) is 3.68. The molecule has 3 rings (SSSR count). The molecule has 2 heterocycles. The number of carbonyl (C=O) groups excluding carboxylic acids is 1. The summed E-state index contributed by atoms with van der Waals surface area (Å²) in [5, 5.41) is 20.5.